The van der Waals surface area contributed by atoms with Crippen molar-refractivity contribution in [2.24, 2.45) is 11.8 Å². The Hall–Kier alpha value is -0.640. The molecule has 0 aliphatic carbocycles. The highest BCUT2D eigenvalue weighted by molar-refractivity contribution is 5.06. The van der Waals surface area contributed by atoms with Gasteiger partial charge in [-0.1, -0.05) is 12.7 Å². The molecular formula is C10H18O3. The third kappa shape index (κ3) is 3.72. The van der Waals surface area contributed by atoms with Gasteiger partial charge >= 0.3 is 0 Å². The summed E-state index contributed by atoms with van der Waals surface area (Å²) in [5.41, 5.74) is 0.632. The Bertz CT molecular complexity index is 166. The first-order valence-electron chi connectivity index (χ1n) is 4.34. The number of aliphatic hydroxyl groups excluding tert-OH is 3. The SMILES string of the molecule is C=C[C@@H](CO)[C@H](CCO)C(=C)CO. The van der Waals surface area contributed by atoms with E-state index in [9.17, 15) is 0 Å². The van der Waals surface area contributed by atoms with Crippen molar-refractivity contribution in [3.63, 3.8) is 0 Å². The van der Waals surface area contributed by atoms with E-state index < -0.39 is 0 Å². The van der Waals surface area contributed by atoms with Gasteiger partial charge in [0.15, 0.2) is 0 Å². The molecular weight excluding hydrogens is 168 g/mol. The molecule has 0 unspecified atom stereocenters. The van der Waals surface area contributed by atoms with Crippen molar-refractivity contribution in [1.29, 1.82) is 0 Å². The molecule has 0 spiro atoms. The Morgan fingerprint density at radius 1 is 1.31 bits per heavy atom. The number of aliphatic hydroxyl groups is 3. The summed E-state index contributed by atoms with van der Waals surface area (Å²) < 4.78 is 0. The van der Waals surface area contributed by atoms with Crippen molar-refractivity contribution in [3.8, 4) is 0 Å². The van der Waals surface area contributed by atoms with E-state index in [1.807, 2.05) is 0 Å². The van der Waals surface area contributed by atoms with Crippen molar-refractivity contribution >= 4 is 0 Å². The van der Waals surface area contributed by atoms with Crippen molar-refractivity contribution < 1.29 is 15.3 Å². The number of hydrogen-bond donors (Lipinski definition) is 3. The molecule has 76 valence electrons. The third-order valence-electron chi connectivity index (χ3n) is 2.20. The van der Waals surface area contributed by atoms with Crippen molar-refractivity contribution in [1.82, 2.24) is 0 Å². The van der Waals surface area contributed by atoms with Gasteiger partial charge < -0.3 is 15.3 Å². The first-order chi connectivity index (χ1) is 6.21. The first kappa shape index (κ1) is 12.4. The van der Waals surface area contributed by atoms with Crippen LogP contribution in [-0.2, 0) is 0 Å². The smallest absolute Gasteiger partial charge is 0.0642 e. The van der Waals surface area contributed by atoms with Gasteiger partial charge in [0.05, 0.1) is 6.61 Å². The summed E-state index contributed by atoms with van der Waals surface area (Å²) in [6.45, 7) is 7.15. The van der Waals surface area contributed by atoms with Crippen LogP contribution in [-0.4, -0.2) is 35.1 Å². The van der Waals surface area contributed by atoms with Gasteiger partial charge in [-0.2, -0.15) is 0 Å². The number of rotatable bonds is 7. The predicted molar refractivity (Wildman–Crippen MR) is 52.2 cm³/mol. The second-order valence-electron chi connectivity index (χ2n) is 3.02. The molecule has 0 heterocycles. The quantitative estimate of drug-likeness (QED) is 0.502. The summed E-state index contributed by atoms with van der Waals surface area (Å²) in [6, 6.07) is 0. The predicted octanol–water partition coefficient (Wildman–Crippen LogP) is 0.328. The third-order valence-corrected chi connectivity index (χ3v) is 2.20. The fourth-order valence-electron chi connectivity index (χ4n) is 1.34. The molecule has 0 aliphatic rings. The van der Waals surface area contributed by atoms with E-state index in [0.29, 0.717) is 12.0 Å². The molecule has 2 atom stereocenters. The van der Waals surface area contributed by atoms with Gasteiger partial charge in [0.25, 0.3) is 0 Å². The van der Waals surface area contributed by atoms with Crippen LogP contribution in [0.4, 0.5) is 0 Å². The van der Waals surface area contributed by atoms with Gasteiger partial charge in [-0.3, -0.25) is 0 Å². The standard InChI is InChI=1S/C10H18O3/c1-3-9(7-13)10(4-5-11)8(2)6-12/h3,9-13H,1-2,4-7H2/t9-,10+/m0/s1. The minimum atomic E-state index is -0.133. The highest BCUT2D eigenvalue weighted by atomic mass is 16.3. The van der Waals surface area contributed by atoms with Crippen LogP contribution in [0.5, 0.6) is 0 Å². The molecule has 0 saturated carbocycles. The molecule has 3 N–H and O–H groups in total. The zero-order valence-electron chi connectivity index (χ0n) is 7.82. The highest BCUT2D eigenvalue weighted by Crippen LogP contribution is 2.23. The van der Waals surface area contributed by atoms with Crippen LogP contribution >= 0.6 is 0 Å². The van der Waals surface area contributed by atoms with Gasteiger partial charge in [-0.25, -0.2) is 0 Å². The maximum absolute atomic E-state index is 8.99. The van der Waals surface area contributed by atoms with E-state index in [1.54, 1.807) is 6.08 Å². The normalized spacial score (nSPS) is 15.0. The van der Waals surface area contributed by atoms with Crippen LogP contribution in [0.25, 0.3) is 0 Å². The summed E-state index contributed by atoms with van der Waals surface area (Å²) in [5.74, 6) is -0.218. The van der Waals surface area contributed by atoms with Crippen LogP contribution in [0.15, 0.2) is 24.8 Å². The molecule has 0 saturated heterocycles. The van der Waals surface area contributed by atoms with Gasteiger partial charge in [-0.15, -0.1) is 6.58 Å². The molecule has 0 bridgehead atoms. The minimum absolute atomic E-state index is 0.0219. The Morgan fingerprint density at radius 2 is 1.92 bits per heavy atom. The largest absolute Gasteiger partial charge is 0.396 e. The molecule has 0 rings (SSSR count). The van der Waals surface area contributed by atoms with Crippen LogP contribution in [0, 0.1) is 11.8 Å². The zero-order chi connectivity index (χ0) is 10.3. The molecule has 0 fully saturated rings. The summed E-state index contributed by atoms with van der Waals surface area (Å²) in [7, 11) is 0. The number of hydrogen-bond acceptors (Lipinski definition) is 3. The van der Waals surface area contributed by atoms with Gasteiger partial charge in [0.1, 0.15) is 0 Å². The van der Waals surface area contributed by atoms with E-state index in [0.717, 1.165) is 0 Å². The molecule has 0 aromatic heterocycles. The van der Waals surface area contributed by atoms with Crippen LogP contribution in [0.1, 0.15) is 6.42 Å². The monoisotopic (exact) mass is 186 g/mol. The molecule has 0 aromatic rings. The highest BCUT2D eigenvalue weighted by Gasteiger charge is 2.19. The van der Waals surface area contributed by atoms with E-state index in [2.05, 4.69) is 13.2 Å². The average molecular weight is 186 g/mol. The van der Waals surface area contributed by atoms with Crippen molar-refractivity contribution in [2.75, 3.05) is 19.8 Å². The second kappa shape index (κ2) is 6.83. The lowest BCUT2D eigenvalue weighted by Crippen LogP contribution is -2.21. The lowest BCUT2D eigenvalue weighted by Gasteiger charge is -2.23. The molecule has 3 heteroatoms. The van der Waals surface area contributed by atoms with Crippen LogP contribution in [0.3, 0.4) is 0 Å². The molecule has 3 nitrogen and oxygen atoms in total. The second-order valence-corrected chi connectivity index (χ2v) is 3.02. The maximum Gasteiger partial charge on any atom is 0.0642 e. The Balaban J connectivity index is 4.36. The first-order valence-corrected chi connectivity index (χ1v) is 4.34. The maximum atomic E-state index is 8.99. The Kier molecular flexibility index (Phi) is 6.49. The topological polar surface area (TPSA) is 60.7 Å². The van der Waals surface area contributed by atoms with Gasteiger partial charge in [0.2, 0.25) is 0 Å². The van der Waals surface area contributed by atoms with Crippen molar-refractivity contribution in [2.45, 2.75) is 6.42 Å². The zero-order valence-corrected chi connectivity index (χ0v) is 7.82. The summed E-state index contributed by atoms with van der Waals surface area (Å²) in [5, 5.41) is 26.6. The van der Waals surface area contributed by atoms with Crippen molar-refractivity contribution in [3.05, 3.63) is 24.8 Å². The summed E-state index contributed by atoms with van der Waals surface area (Å²) in [6.07, 6.45) is 2.12. The lowest BCUT2D eigenvalue weighted by atomic mass is 9.85. The molecule has 0 aromatic carbocycles. The average Bonchev–Trinajstić information content (AvgIpc) is 2.17. The Morgan fingerprint density at radius 3 is 2.23 bits per heavy atom. The summed E-state index contributed by atoms with van der Waals surface area (Å²) in [4.78, 5) is 0. The Labute approximate surface area is 79.0 Å². The molecule has 0 radical (unpaired) electrons. The molecule has 0 amide bonds. The fourth-order valence-corrected chi connectivity index (χ4v) is 1.34. The van der Waals surface area contributed by atoms with Gasteiger partial charge in [0, 0.05) is 19.1 Å². The van der Waals surface area contributed by atoms with Crippen LogP contribution in [0.2, 0.25) is 0 Å². The van der Waals surface area contributed by atoms with Gasteiger partial charge in [-0.05, 0) is 17.9 Å². The van der Waals surface area contributed by atoms with E-state index >= 15 is 0 Å². The molecule has 0 aliphatic heterocycles. The van der Waals surface area contributed by atoms with E-state index in [4.69, 9.17) is 15.3 Å². The summed E-state index contributed by atoms with van der Waals surface area (Å²) >= 11 is 0. The minimum Gasteiger partial charge on any atom is -0.396 e. The molecule has 13 heavy (non-hydrogen) atoms. The van der Waals surface area contributed by atoms with Crippen LogP contribution < -0.4 is 0 Å². The fraction of sp³-hybridized carbons (Fsp3) is 0.600. The lowest BCUT2D eigenvalue weighted by molar-refractivity contribution is 0.182. The van der Waals surface area contributed by atoms with E-state index in [1.165, 1.54) is 0 Å². The van der Waals surface area contributed by atoms with E-state index in [-0.39, 0.29) is 31.7 Å².